The molecule has 0 saturated carbocycles. The quantitative estimate of drug-likeness (QED) is 0.814. The van der Waals surface area contributed by atoms with Crippen LogP contribution in [0.3, 0.4) is 0 Å². The number of hydrogen-bond donors (Lipinski definition) is 0. The van der Waals surface area contributed by atoms with Crippen molar-refractivity contribution in [2.24, 2.45) is 0 Å². The van der Waals surface area contributed by atoms with Gasteiger partial charge in [-0.2, -0.15) is 0 Å². The highest BCUT2D eigenvalue weighted by atomic mass is 16.3. The van der Waals surface area contributed by atoms with Crippen LogP contribution in [0.25, 0.3) is 0 Å². The van der Waals surface area contributed by atoms with Gasteiger partial charge in [-0.1, -0.05) is 30.3 Å². The lowest BCUT2D eigenvalue weighted by Crippen LogP contribution is -2.57. The van der Waals surface area contributed by atoms with Crippen LogP contribution in [0.4, 0.5) is 4.79 Å². The lowest BCUT2D eigenvalue weighted by atomic mass is 10.2. The molecule has 0 bridgehead atoms. The summed E-state index contributed by atoms with van der Waals surface area (Å²) in [6, 6.07) is 13.9. The molecule has 2 aromatic rings. The monoisotopic (exact) mass is 382 g/mol. The number of rotatable bonds is 3. The molecule has 0 atom stereocenters. The second kappa shape index (κ2) is 8.48. The van der Waals surface area contributed by atoms with Crippen LogP contribution in [0.1, 0.15) is 16.1 Å². The van der Waals surface area contributed by atoms with E-state index < -0.39 is 0 Å². The number of furan rings is 1. The van der Waals surface area contributed by atoms with Gasteiger partial charge in [-0.15, -0.1) is 0 Å². The van der Waals surface area contributed by atoms with Crippen molar-refractivity contribution in [1.82, 2.24) is 19.6 Å². The second-order valence-corrected chi connectivity index (χ2v) is 7.29. The maximum Gasteiger partial charge on any atom is 0.320 e. The van der Waals surface area contributed by atoms with Crippen molar-refractivity contribution in [3.05, 3.63) is 60.1 Å². The summed E-state index contributed by atoms with van der Waals surface area (Å²) in [5, 5.41) is 0. The first kappa shape index (κ1) is 18.6. The summed E-state index contributed by atoms with van der Waals surface area (Å²) >= 11 is 0. The highest BCUT2D eigenvalue weighted by molar-refractivity contribution is 5.91. The number of amides is 3. The van der Waals surface area contributed by atoms with Gasteiger partial charge in [0.2, 0.25) is 0 Å². The highest BCUT2D eigenvalue weighted by Gasteiger charge is 2.30. The van der Waals surface area contributed by atoms with Crippen LogP contribution in [0.15, 0.2) is 53.1 Å². The number of carbonyl (C=O) groups is 2. The second-order valence-electron chi connectivity index (χ2n) is 7.29. The van der Waals surface area contributed by atoms with Crippen LogP contribution < -0.4 is 0 Å². The zero-order chi connectivity index (χ0) is 19.3. The predicted octanol–water partition coefficient (Wildman–Crippen LogP) is 1.98. The van der Waals surface area contributed by atoms with E-state index >= 15 is 0 Å². The largest absolute Gasteiger partial charge is 0.459 e. The molecule has 3 heterocycles. The molecule has 3 amide bonds. The molecule has 0 N–H and O–H groups in total. The Morgan fingerprint density at radius 3 is 1.96 bits per heavy atom. The minimum atomic E-state index is -0.105. The normalized spacial score (nSPS) is 18.4. The Balaban J connectivity index is 1.23. The van der Waals surface area contributed by atoms with E-state index in [2.05, 4.69) is 29.2 Å². The van der Waals surface area contributed by atoms with Gasteiger partial charge in [0, 0.05) is 58.9 Å². The fraction of sp³-hybridized carbons (Fsp3) is 0.429. The SMILES string of the molecule is O=C(c1ccco1)N1CCN(C(=O)N2CCN(Cc3ccccc3)CC2)CC1. The van der Waals surface area contributed by atoms with Gasteiger partial charge in [0.15, 0.2) is 5.76 Å². The van der Waals surface area contributed by atoms with Crippen molar-refractivity contribution in [2.45, 2.75) is 6.54 Å². The van der Waals surface area contributed by atoms with Gasteiger partial charge in [-0.05, 0) is 17.7 Å². The van der Waals surface area contributed by atoms with Crippen molar-refractivity contribution < 1.29 is 14.0 Å². The first-order valence-corrected chi connectivity index (χ1v) is 9.83. The van der Waals surface area contributed by atoms with Crippen LogP contribution in [0.5, 0.6) is 0 Å². The first-order chi connectivity index (χ1) is 13.7. The third-order valence-electron chi connectivity index (χ3n) is 5.46. The summed E-state index contributed by atoms with van der Waals surface area (Å²) in [6.07, 6.45) is 1.50. The topological polar surface area (TPSA) is 60.2 Å². The Morgan fingerprint density at radius 2 is 1.36 bits per heavy atom. The molecule has 7 heteroatoms. The average Bonchev–Trinajstić information content (AvgIpc) is 3.29. The number of benzene rings is 1. The molecule has 28 heavy (non-hydrogen) atoms. The lowest BCUT2D eigenvalue weighted by Gasteiger charge is -2.40. The van der Waals surface area contributed by atoms with Crippen molar-refractivity contribution in [1.29, 1.82) is 0 Å². The number of nitrogens with zero attached hydrogens (tertiary/aromatic N) is 4. The number of hydrogen-bond acceptors (Lipinski definition) is 4. The van der Waals surface area contributed by atoms with Gasteiger partial charge in [0.25, 0.3) is 5.91 Å². The molecular weight excluding hydrogens is 356 g/mol. The Morgan fingerprint density at radius 1 is 0.750 bits per heavy atom. The van der Waals surface area contributed by atoms with Gasteiger partial charge in [0.05, 0.1) is 6.26 Å². The van der Waals surface area contributed by atoms with Gasteiger partial charge >= 0.3 is 6.03 Å². The lowest BCUT2D eigenvalue weighted by molar-refractivity contribution is 0.0583. The van der Waals surface area contributed by atoms with Crippen LogP contribution in [0, 0.1) is 0 Å². The molecule has 2 aliphatic rings. The summed E-state index contributed by atoms with van der Waals surface area (Å²) in [5.41, 5.74) is 1.31. The third kappa shape index (κ3) is 4.20. The molecule has 0 unspecified atom stereocenters. The predicted molar refractivity (Wildman–Crippen MR) is 105 cm³/mol. The van der Waals surface area contributed by atoms with Crippen molar-refractivity contribution >= 4 is 11.9 Å². The van der Waals surface area contributed by atoms with Crippen molar-refractivity contribution in [3.8, 4) is 0 Å². The molecule has 7 nitrogen and oxygen atoms in total. The van der Waals surface area contributed by atoms with E-state index in [1.165, 1.54) is 11.8 Å². The zero-order valence-corrected chi connectivity index (χ0v) is 16.0. The van der Waals surface area contributed by atoms with Crippen LogP contribution in [-0.4, -0.2) is 83.9 Å². The number of urea groups is 1. The highest BCUT2D eigenvalue weighted by Crippen LogP contribution is 2.13. The molecule has 0 radical (unpaired) electrons. The van der Waals surface area contributed by atoms with Crippen LogP contribution in [0.2, 0.25) is 0 Å². The Bertz CT molecular complexity index is 777. The van der Waals surface area contributed by atoms with Crippen molar-refractivity contribution in [2.75, 3.05) is 52.4 Å². The smallest absolute Gasteiger partial charge is 0.320 e. The molecular formula is C21H26N4O3. The number of piperazine rings is 2. The molecule has 2 saturated heterocycles. The summed E-state index contributed by atoms with van der Waals surface area (Å²) in [7, 11) is 0. The van der Waals surface area contributed by atoms with Gasteiger partial charge in [-0.25, -0.2) is 4.79 Å². The molecule has 2 fully saturated rings. The van der Waals surface area contributed by atoms with Gasteiger partial charge < -0.3 is 19.1 Å². The fourth-order valence-electron chi connectivity index (χ4n) is 3.80. The molecule has 0 spiro atoms. The Labute approximate surface area is 165 Å². The number of carbonyl (C=O) groups excluding carboxylic acids is 2. The summed E-state index contributed by atoms with van der Waals surface area (Å²) in [5.74, 6) is 0.251. The van der Waals surface area contributed by atoms with E-state index in [9.17, 15) is 9.59 Å². The van der Waals surface area contributed by atoms with Crippen LogP contribution in [-0.2, 0) is 6.54 Å². The standard InChI is InChI=1S/C21H26N4O3/c26-20(19-7-4-16-28-19)23-12-14-25(15-13-23)21(27)24-10-8-22(9-11-24)17-18-5-2-1-3-6-18/h1-7,16H,8-15,17H2. The molecule has 1 aromatic carbocycles. The first-order valence-electron chi connectivity index (χ1n) is 9.83. The molecule has 2 aliphatic heterocycles. The van der Waals surface area contributed by atoms with E-state index in [4.69, 9.17) is 4.42 Å². The Hall–Kier alpha value is -2.80. The molecule has 0 aliphatic carbocycles. The van der Waals surface area contributed by atoms with Crippen LogP contribution >= 0.6 is 0 Å². The molecule has 148 valence electrons. The third-order valence-corrected chi connectivity index (χ3v) is 5.46. The molecule has 4 rings (SSSR count). The van der Waals surface area contributed by atoms with E-state index in [1.54, 1.807) is 17.0 Å². The van der Waals surface area contributed by atoms with Crippen molar-refractivity contribution in [3.63, 3.8) is 0 Å². The van der Waals surface area contributed by atoms with Gasteiger partial charge in [-0.3, -0.25) is 9.69 Å². The Kier molecular flexibility index (Phi) is 5.62. The van der Waals surface area contributed by atoms with E-state index in [-0.39, 0.29) is 11.9 Å². The van der Waals surface area contributed by atoms with E-state index in [1.807, 2.05) is 15.9 Å². The minimum Gasteiger partial charge on any atom is -0.459 e. The summed E-state index contributed by atoms with van der Waals surface area (Å²) in [4.78, 5) is 33.1. The zero-order valence-electron chi connectivity index (χ0n) is 16.0. The van der Waals surface area contributed by atoms with E-state index in [0.29, 0.717) is 31.9 Å². The maximum atomic E-state index is 12.8. The fourth-order valence-corrected chi connectivity index (χ4v) is 3.80. The van der Waals surface area contributed by atoms with E-state index in [0.717, 1.165) is 32.7 Å². The summed E-state index contributed by atoms with van der Waals surface area (Å²) in [6.45, 7) is 6.41. The maximum absolute atomic E-state index is 12.8. The minimum absolute atomic E-state index is 0.0875. The summed E-state index contributed by atoms with van der Waals surface area (Å²) < 4.78 is 5.19. The van der Waals surface area contributed by atoms with Gasteiger partial charge in [0.1, 0.15) is 0 Å². The average molecular weight is 382 g/mol. The molecule has 1 aromatic heterocycles.